The van der Waals surface area contributed by atoms with Crippen molar-refractivity contribution in [3.63, 3.8) is 0 Å². The van der Waals surface area contributed by atoms with Gasteiger partial charge in [-0.3, -0.25) is 4.79 Å². The van der Waals surface area contributed by atoms with E-state index in [1.165, 1.54) is 62.4 Å². The molecular weight excluding hydrogens is 688 g/mol. The molecule has 10 atom stereocenters. The molecule has 276 valence electrons. The van der Waals surface area contributed by atoms with Crippen LogP contribution in [-0.2, 0) is 19.0 Å². The molecular formula is C36H36O16. The number of carbonyl (C=O) groups is 1. The predicted octanol–water partition coefficient (Wildman–Crippen LogP) is 1.25. The number of ether oxygens (including phenoxy) is 5. The highest BCUT2D eigenvalue weighted by Gasteiger charge is 2.47. The molecule has 16 heteroatoms. The molecule has 1 aromatic heterocycles. The molecule has 2 saturated heterocycles. The number of rotatable bonds is 8. The van der Waals surface area contributed by atoms with Gasteiger partial charge in [0.15, 0.2) is 18.0 Å². The number of phenolic OH excluding ortho intramolecular Hbond substituents is 3. The van der Waals surface area contributed by atoms with Crippen LogP contribution in [0.15, 0.2) is 76.0 Å². The highest BCUT2D eigenvalue weighted by molar-refractivity contribution is 5.88. The largest absolute Gasteiger partial charge is 0.508 e. The summed E-state index contributed by atoms with van der Waals surface area (Å²) >= 11 is 0. The minimum Gasteiger partial charge on any atom is -0.508 e. The Morgan fingerprint density at radius 2 is 1.33 bits per heavy atom. The van der Waals surface area contributed by atoms with Crippen molar-refractivity contribution in [2.75, 3.05) is 0 Å². The van der Waals surface area contributed by atoms with Crippen molar-refractivity contribution in [3.8, 4) is 40.1 Å². The Hall–Kier alpha value is -5.20. The number of fused-ring (bicyclic) bond motifs is 1. The monoisotopic (exact) mass is 724 g/mol. The Morgan fingerprint density at radius 1 is 0.731 bits per heavy atom. The molecule has 3 heterocycles. The van der Waals surface area contributed by atoms with Crippen molar-refractivity contribution in [2.45, 2.75) is 75.3 Å². The van der Waals surface area contributed by atoms with Crippen LogP contribution < -0.4 is 14.9 Å². The zero-order valence-corrected chi connectivity index (χ0v) is 27.5. The van der Waals surface area contributed by atoms with Gasteiger partial charge in [0.1, 0.15) is 58.4 Å². The first-order valence-corrected chi connectivity index (χ1v) is 16.1. The lowest BCUT2D eigenvalue weighted by molar-refractivity contribution is -0.271. The Labute approximate surface area is 294 Å². The molecule has 2 aliphatic heterocycles. The number of esters is 1. The van der Waals surface area contributed by atoms with E-state index in [9.17, 15) is 50.4 Å². The van der Waals surface area contributed by atoms with Gasteiger partial charge in [0.25, 0.3) is 0 Å². The zero-order valence-electron chi connectivity index (χ0n) is 27.5. The lowest BCUT2D eigenvalue weighted by Gasteiger charge is -2.40. The molecule has 0 bridgehead atoms. The number of benzene rings is 3. The third-order valence-electron chi connectivity index (χ3n) is 8.67. The van der Waals surface area contributed by atoms with Gasteiger partial charge in [-0.1, -0.05) is 12.1 Å². The van der Waals surface area contributed by atoms with Gasteiger partial charge in [-0.15, -0.1) is 0 Å². The van der Waals surface area contributed by atoms with Gasteiger partial charge in [0, 0.05) is 23.8 Å². The first-order valence-electron chi connectivity index (χ1n) is 16.1. The Morgan fingerprint density at radius 3 is 1.98 bits per heavy atom. The van der Waals surface area contributed by atoms with Crippen molar-refractivity contribution in [1.82, 2.24) is 0 Å². The van der Waals surface area contributed by atoms with E-state index in [0.717, 1.165) is 12.1 Å². The van der Waals surface area contributed by atoms with Crippen LogP contribution in [0, 0.1) is 0 Å². The fraction of sp³-hybridized carbons (Fsp3) is 0.333. The SMILES string of the molecule is CC1OC(Oc2cc(O)c3c(=O)c(OC4OC(C)C(O)C(OC(=O)C=Cc5ccc(O)cc5)C4O)c(-c4ccc(O)cc4)oc3c2)C(O)C(O)C1O. The topological polar surface area (TPSA) is 255 Å². The van der Waals surface area contributed by atoms with Gasteiger partial charge in [-0.2, -0.15) is 0 Å². The maximum Gasteiger partial charge on any atom is 0.331 e. The van der Waals surface area contributed by atoms with Crippen LogP contribution in [0.5, 0.6) is 28.7 Å². The maximum atomic E-state index is 14.1. The average Bonchev–Trinajstić information content (AvgIpc) is 3.11. The molecule has 10 unspecified atom stereocenters. The van der Waals surface area contributed by atoms with E-state index in [-0.39, 0.29) is 34.2 Å². The number of phenols is 3. The quantitative estimate of drug-likeness (QED) is 0.0940. The number of aliphatic hydroxyl groups excluding tert-OH is 5. The second-order valence-corrected chi connectivity index (χ2v) is 12.4. The fourth-order valence-electron chi connectivity index (χ4n) is 5.75. The fourth-order valence-corrected chi connectivity index (χ4v) is 5.75. The number of hydrogen-bond donors (Lipinski definition) is 8. The van der Waals surface area contributed by atoms with Crippen molar-refractivity contribution < 1.29 is 73.7 Å². The summed E-state index contributed by atoms with van der Waals surface area (Å²) in [4.78, 5) is 26.8. The second kappa shape index (κ2) is 14.8. The Kier molecular flexibility index (Phi) is 10.4. The van der Waals surface area contributed by atoms with E-state index < -0.39 is 89.7 Å². The van der Waals surface area contributed by atoms with Gasteiger partial charge in [0.05, 0.1) is 12.2 Å². The molecule has 4 aromatic rings. The summed E-state index contributed by atoms with van der Waals surface area (Å²) in [5.41, 5.74) is -0.447. The molecule has 8 N–H and O–H groups in total. The van der Waals surface area contributed by atoms with E-state index in [2.05, 4.69) is 0 Å². The highest BCUT2D eigenvalue weighted by Crippen LogP contribution is 2.38. The minimum absolute atomic E-state index is 0.0279. The zero-order chi connectivity index (χ0) is 37.4. The van der Waals surface area contributed by atoms with E-state index in [1.54, 1.807) is 12.1 Å². The molecule has 3 aromatic carbocycles. The second-order valence-electron chi connectivity index (χ2n) is 12.4. The van der Waals surface area contributed by atoms with E-state index in [0.29, 0.717) is 5.56 Å². The smallest absolute Gasteiger partial charge is 0.331 e. The summed E-state index contributed by atoms with van der Waals surface area (Å²) in [5, 5.41) is 82.6. The highest BCUT2D eigenvalue weighted by atomic mass is 16.7. The van der Waals surface area contributed by atoms with Gasteiger partial charge < -0.3 is 69.0 Å². The molecule has 16 nitrogen and oxygen atoms in total. The van der Waals surface area contributed by atoms with Crippen molar-refractivity contribution in [3.05, 3.63) is 82.5 Å². The number of hydrogen-bond acceptors (Lipinski definition) is 16. The molecule has 0 spiro atoms. The Balaban J connectivity index is 1.32. The predicted molar refractivity (Wildman–Crippen MR) is 178 cm³/mol. The summed E-state index contributed by atoms with van der Waals surface area (Å²) in [6.07, 6.45) is -12.4. The lowest BCUT2D eigenvalue weighted by atomic mass is 9.99. The van der Waals surface area contributed by atoms with Crippen LogP contribution >= 0.6 is 0 Å². The summed E-state index contributed by atoms with van der Waals surface area (Å²) < 4.78 is 34.2. The summed E-state index contributed by atoms with van der Waals surface area (Å²) in [5.74, 6) is -2.67. The molecule has 6 rings (SSSR count). The maximum absolute atomic E-state index is 14.1. The van der Waals surface area contributed by atoms with Gasteiger partial charge in [-0.05, 0) is 61.9 Å². The Bertz CT molecular complexity index is 1990. The van der Waals surface area contributed by atoms with Crippen LogP contribution in [0.2, 0.25) is 0 Å². The average molecular weight is 725 g/mol. The number of aromatic hydroxyl groups is 3. The van der Waals surface area contributed by atoms with Gasteiger partial charge in [-0.25, -0.2) is 4.79 Å². The summed E-state index contributed by atoms with van der Waals surface area (Å²) in [7, 11) is 0. The van der Waals surface area contributed by atoms with Gasteiger partial charge >= 0.3 is 5.97 Å². The molecule has 0 saturated carbocycles. The first-order chi connectivity index (χ1) is 24.7. The standard InChI is InChI=1S/C36H36O16/c1-15-26(41)29(44)30(45)35(47-15)49-21-13-22(39)25-23(14-21)50-32(18-6-10-20(38)11-7-18)34(28(25)43)52-36-31(46)33(27(42)16(2)48-36)51-24(40)12-5-17-3-8-19(37)9-4-17/h3-16,26-27,29-31,33,35-39,41-42,44-46H,1-2H3. The normalized spacial score (nSPS) is 29.2. The summed E-state index contributed by atoms with van der Waals surface area (Å²) in [6.45, 7) is 2.88. The van der Waals surface area contributed by atoms with Crippen molar-refractivity contribution in [1.29, 1.82) is 0 Å². The van der Waals surface area contributed by atoms with Crippen LogP contribution in [0.25, 0.3) is 28.4 Å². The van der Waals surface area contributed by atoms with Crippen LogP contribution in [0.4, 0.5) is 0 Å². The van der Waals surface area contributed by atoms with Crippen LogP contribution in [0.3, 0.4) is 0 Å². The van der Waals surface area contributed by atoms with E-state index >= 15 is 0 Å². The van der Waals surface area contributed by atoms with E-state index in [1.807, 2.05) is 0 Å². The van der Waals surface area contributed by atoms with Crippen molar-refractivity contribution in [2.24, 2.45) is 0 Å². The molecule has 52 heavy (non-hydrogen) atoms. The lowest BCUT2D eigenvalue weighted by Crippen LogP contribution is -2.59. The molecule has 2 aliphatic rings. The van der Waals surface area contributed by atoms with E-state index in [4.69, 9.17) is 28.1 Å². The van der Waals surface area contributed by atoms with Crippen LogP contribution in [0.1, 0.15) is 19.4 Å². The summed E-state index contributed by atoms with van der Waals surface area (Å²) in [6, 6.07) is 13.5. The minimum atomic E-state index is -1.86. The molecule has 0 radical (unpaired) electrons. The third-order valence-corrected chi connectivity index (χ3v) is 8.67. The first kappa shape index (κ1) is 36.6. The van der Waals surface area contributed by atoms with Gasteiger partial charge in [0.2, 0.25) is 23.8 Å². The molecule has 2 fully saturated rings. The number of aliphatic hydroxyl groups is 5. The number of carbonyl (C=O) groups excluding carboxylic acids is 1. The molecule has 0 amide bonds. The third kappa shape index (κ3) is 7.40. The molecule has 0 aliphatic carbocycles. The van der Waals surface area contributed by atoms with Crippen LogP contribution in [-0.4, -0.2) is 108 Å². The van der Waals surface area contributed by atoms with Crippen molar-refractivity contribution >= 4 is 23.0 Å².